The van der Waals surface area contributed by atoms with Crippen molar-refractivity contribution in [1.82, 2.24) is 0 Å². The van der Waals surface area contributed by atoms with Gasteiger partial charge in [0.25, 0.3) is 7.82 Å². The van der Waals surface area contributed by atoms with E-state index in [0.29, 0.717) is 6.61 Å². The normalized spacial score (nSPS) is 13.8. The lowest BCUT2D eigenvalue weighted by Crippen LogP contribution is -2.37. The average molecular weight is 873 g/mol. The van der Waals surface area contributed by atoms with Gasteiger partial charge < -0.3 is 24.6 Å². The molecule has 3 atom stereocenters. The molecule has 2 N–H and O–H groups in total. The van der Waals surface area contributed by atoms with E-state index in [1.54, 1.807) is 6.92 Å². The van der Waals surface area contributed by atoms with Crippen molar-refractivity contribution in [3.8, 4) is 0 Å². The highest BCUT2D eigenvalue weighted by Gasteiger charge is 2.31. The van der Waals surface area contributed by atoms with Crippen LogP contribution in [-0.2, 0) is 27.9 Å². The summed E-state index contributed by atoms with van der Waals surface area (Å²) in [7, 11) is -4.77. The lowest BCUT2D eigenvalue weighted by molar-refractivity contribution is -0.254. The van der Waals surface area contributed by atoms with E-state index in [1.165, 1.54) is 199 Å². The summed E-state index contributed by atoms with van der Waals surface area (Å²) in [6.07, 6.45) is 47.5. The fraction of sp³-hybridized carbons (Fsp3) is 0.980. The molecule has 2 unspecified atom stereocenters. The Morgan fingerprint density at radius 1 is 0.483 bits per heavy atom. The number of rotatable bonds is 50. The van der Waals surface area contributed by atoms with Crippen LogP contribution in [0.25, 0.3) is 0 Å². The first-order valence-electron chi connectivity index (χ1n) is 26.5. The van der Waals surface area contributed by atoms with Crippen LogP contribution in [0.5, 0.6) is 0 Å². The van der Waals surface area contributed by atoms with Gasteiger partial charge in [-0.2, -0.15) is 0 Å². The van der Waals surface area contributed by atoms with Crippen molar-refractivity contribution in [1.29, 1.82) is 0 Å². The zero-order chi connectivity index (χ0) is 44.0. The molecule has 0 amide bonds. The Balaban J connectivity index is 4.96. The summed E-state index contributed by atoms with van der Waals surface area (Å²) in [6.45, 7) is 8.80. The fourth-order valence-electron chi connectivity index (χ4n) is 8.22. The number of carbonyl (C=O) groups excluding carboxylic acids is 1. The van der Waals surface area contributed by atoms with Crippen LogP contribution < -0.4 is 10.6 Å². The molecule has 0 spiro atoms. The molecular weight excluding hydrogens is 770 g/mol. The first-order chi connectivity index (χ1) is 29.3. The van der Waals surface area contributed by atoms with E-state index < -0.39 is 26.2 Å². The molecule has 0 aromatic carbocycles. The maximum atomic E-state index is 13.8. The number of carbonyl (C=O) groups is 1. The van der Waals surface area contributed by atoms with Crippen molar-refractivity contribution in [2.75, 3.05) is 19.8 Å². The van der Waals surface area contributed by atoms with E-state index >= 15 is 0 Å². The van der Waals surface area contributed by atoms with Gasteiger partial charge in [-0.3, -0.25) is 13.9 Å². The van der Waals surface area contributed by atoms with Crippen molar-refractivity contribution < 1.29 is 32.8 Å². The zero-order valence-corrected chi connectivity index (χ0v) is 41.4. The van der Waals surface area contributed by atoms with Crippen LogP contribution in [0.15, 0.2) is 0 Å². The highest BCUT2D eigenvalue weighted by Crippen LogP contribution is 2.41. The van der Waals surface area contributed by atoms with Crippen LogP contribution in [-0.4, -0.2) is 38.1 Å². The zero-order valence-electron chi connectivity index (χ0n) is 40.5. The number of hydrogen-bond acceptors (Lipinski definition) is 8. The molecule has 9 heteroatoms. The molecular formula is C51H103NO7P-. The Morgan fingerprint density at radius 2 is 0.783 bits per heavy atom. The van der Waals surface area contributed by atoms with Gasteiger partial charge in [0, 0.05) is 13.2 Å². The number of phosphoric ester groups is 1. The van der Waals surface area contributed by atoms with Crippen molar-refractivity contribution in [3.05, 3.63) is 0 Å². The Bertz CT molecular complexity index is 896. The minimum Gasteiger partial charge on any atom is -0.756 e. The summed E-state index contributed by atoms with van der Waals surface area (Å²) < 4.78 is 35.0. The van der Waals surface area contributed by atoms with Crippen molar-refractivity contribution >= 4 is 13.8 Å². The molecule has 0 radical (unpaired) electrons. The lowest BCUT2D eigenvalue weighted by Gasteiger charge is -2.31. The topological polar surface area (TPSA) is 120 Å². The Labute approximate surface area is 373 Å². The van der Waals surface area contributed by atoms with Gasteiger partial charge in [-0.15, -0.1) is 0 Å². The Kier molecular flexibility index (Phi) is 46.1. The van der Waals surface area contributed by atoms with Gasteiger partial charge in [0.15, 0.2) is 0 Å². The monoisotopic (exact) mass is 873 g/mol. The predicted molar refractivity (Wildman–Crippen MR) is 254 cm³/mol. The van der Waals surface area contributed by atoms with E-state index in [4.69, 9.17) is 24.3 Å². The summed E-state index contributed by atoms with van der Waals surface area (Å²) in [5.74, 6) is -0.687. The average Bonchev–Trinajstić information content (AvgIpc) is 3.23. The van der Waals surface area contributed by atoms with Gasteiger partial charge in [-0.25, -0.2) is 0 Å². The molecule has 0 aromatic rings. The van der Waals surface area contributed by atoms with Gasteiger partial charge in [0.1, 0.15) is 6.10 Å². The van der Waals surface area contributed by atoms with E-state index in [-0.39, 0.29) is 19.1 Å². The SMILES string of the molecule is CCCCCCCCCCCCCCCCO[C@@H](C)C(OC(=O)C(CCCCCCCCCCCCCC)CCCCCCCCCCCCCC)OP(=O)([O-])OCCN. The molecule has 360 valence electrons. The van der Waals surface area contributed by atoms with Crippen LogP contribution in [0.3, 0.4) is 0 Å². The van der Waals surface area contributed by atoms with Crippen LogP contribution in [0.2, 0.25) is 0 Å². The minimum absolute atomic E-state index is 0.0331. The highest BCUT2D eigenvalue weighted by molar-refractivity contribution is 7.45. The molecule has 0 heterocycles. The molecule has 0 rings (SSSR count). The molecule has 0 saturated carbocycles. The Morgan fingerprint density at radius 3 is 1.10 bits per heavy atom. The number of ether oxygens (including phenoxy) is 2. The van der Waals surface area contributed by atoms with Gasteiger partial charge in [-0.1, -0.05) is 258 Å². The molecule has 0 aliphatic heterocycles. The van der Waals surface area contributed by atoms with Crippen LogP contribution in [0.1, 0.15) is 285 Å². The van der Waals surface area contributed by atoms with E-state index in [9.17, 15) is 14.3 Å². The number of esters is 1. The summed E-state index contributed by atoms with van der Waals surface area (Å²) in [6, 6.07) is 0. The van der Waals surface area contributed by atoms with Gasteiger partial charge in [0.2, 0.25) is 6.29 Å². The third-order valence-electron chi connectivity index (χ3n) is 12.2. The van der Waals surface area contributed by atoms with Crippen molar-refractivity contribution in [2.45, 2.75) is 297 Å². The highest BCUT2D eigenvalue weighted by atomic mass is 31.2. The number of nitrogens with two attached hydrogens (primary N) is 1. The van der Waals surface area contributed by atoms with Gasteiger partial charge in [0.05, 0.1) is 12.5 Å². The third-order valence-corrected chi connectivity index (χ3v) is 13.2. The number of unbranched alkanes of at least 4 members (excludes halogenated alkanes) is 35. The maximum Gasteiger partial charge on any atom is 0.311 e. The smallest absolute Gasteiger partial charge is 0.311 e. The standard InChI is InChI=1S/C51H104NO7P/c1-5-8-11-14-17-20-23-26-27-30-33-36-39-42-46-56-48(4)51(59-60(54,55)57-47-45-52)58-50(53)49(43-40-37-34-31-28-24-21-18-15-12-9-6-2)44-41-38-35-32-29-25-22-19-16-13-10-7-3/h48-49,51H,5-47,52H2,1-4H3,(H,54,55)/p-1/t48-,51?/m0/s1. The van der Waals surface area contributed by atoms with Crippen molar-refractivity contribution in [3.63, 3.8) is 0 Å². The quantitative estimate of drug-likeness (QED) is 0.0278. The molecule has 0 saturated heterocycles. The van der Waals surface area contributed by atoms with E-state index in [0.717, 1.165) is 57.8 Å². The molecule has 0 aromatic heterocycles. The van der Waals surface area contributed by atoms with E-state index in [2.05, 4.69) is 20.8 Å². The van der Waals surface area contributed by atoms with Crippen LogP contribution >= 0.6 is 7.82 Å². The second-order valence-electron chi connectivity index (χ2n) is 18.2. The minimum atomic E-state index is -4.77. The van der Waals surface area contributed by atoms with E-state index in [1.807, 2.05) is 0 Å². The number of phosphoric acid groups is 1. The first kappa shape index (κ1) is 59.5. The molecule has 60 heavy (non-hydrogen) atoms. The molecule has 0 aliphatic rings. The summed E-state index contributed by atoms with van der Waals surface area (Å²) in [5, 5.41) is 0. The van der Waals surface area contributed by atoms with Crippen molar-refractivity contribution in [2.24, 2.45) is 11.7 Å². The first-order valence-corrected chi connectivity index (χ1v) is 27.9. The van der Waals surface area contributed by atoms with Gasteiger partial charge in [-0.05, 0) is 26.2 Å². The second-order valence-corrected chi connectivity index (χ2v) is 19.6. The maximum absolute atomic E-state index is 13.8. The second kappa shape index (κ2) is 46.5. The molecule has 8 nitrogen and oxygen atoms in total. The summed E-state index contributed by atoms with van der Waals surface area (Å²) in [5.41, 5.74) is 5.50. The molecule has 0 aliphatic carbocycles. The van der Waals surface area contributed by atoms with Gasteiger partial charge >= 0.3 is 5.97 Å². The summed E-state index contributed by atoms with van der Waals surface area (Å²) in [4.78, 5) is 26.6. The molecule has 0 bridgehead atoms. The van der Waals surface area contributed by atoms with Crippen LogP contribution in [0, 0.1) is 5.92 Å². The predicted octanol–water partition coefficient (Wildman–Crippen LogP) is 16.0. The third kappa shape index (κ3) is 41.5. The lowest BCUT2D eigenvalue weighted by atomic mass is 9.94. The van der Waals surface area contributed by atoms with Crippen LogP contribution in [0.4, 0.5) is 0 Å². The largest absolute Gasteiger partial charge is 0.756 e. The Hall–Kier alpha value is -0.500. The summed E-state index contributed by atoms with van der Waals surface area (Å²) >= 11 is 0. The fourth-order valence-corrected chi connectivity index (χ4v) is 9.08. The molecule has 0 fully saturated rings. The number of hydrogen-bond donors (Lipinski definition) is 1.